The molecule has 3 heteroatoms. The number of rotatable bonds is 4. The molecule has 3 nitrogen and oxygen atoms in total. The SMILES string of the molecule is CC(C)N1CCC(C(O)CN2CCCCCC2)C1. The van der Waals surface area contributed by atoms with Crippen LogP contribution in [0.4, 0.5) is 0 Å². The van der Waals surface area contributed by atoms with Gasteiger partial charge in [-0.15, -0.1) is 0 Å². The van der Waals surface area contributed by atoms with Crippen molar-refractivity contribution in [2.45, 2.75) is 58.1 Å². The van der Waals surface area contributed by atoms with Gasteiger partial charge in [-0.05, 0) is 52.7 Å². The van der Waals surface area contributed by atoms with E-state index in [4.69, 9.17) is 0 Å². The monoisotopic (exact) mass is 254 g/mol. The summed E-state index contributed by atoms with van der Waals surface area (Å²) in [5.41, 5.74) is 0. The van der Waals surface area contributed by atoms with Gasteiger partial charge < -0.3 is 14.9 Å². The average molecular weight is 254 g/mol. The Morgan fingerprint density at radius 2 is 1.72 bits per heavy atom. The lowest BCUT2D eigenvalue weighted by Crippen LogP contribution is -2.38. The number of nitrogens with zero attached hydrogens (tertiary/aromatic N) is 2. The molecule has 0 radical (unpaired) electrons. The van der Waals surface area contributed by atoms with E-state index >= 15 is 0 Å². The van der Waals surface area contributed by atoms with Crippen LogP contribution in [0.1, 0.15) is 46.0 Å². The van der Waals surface area contributed by atoms with Gasteiger partial charge in [-0.3, -0.25) is 0 Å². The van der Waals surface area contributed by atoms with Gasteiger partial charge in [0.15, 0.2) is 0 Å². The second kappa shape index (κ2) is 6.88. The van der Waals surface area contributed by atoms with Crippen molar-refractivity contribution in [1.29, 1.82) is 0 Å². The van der Waals surface area contributed by atoms with E-state index < -0.39 is 0 Å². The molecule has 2 atom stereocenters. The maximum atomic E-state index is 10.4. The third-order valence-electron chi connectivity index (χ3n) is 4.67. The Kier molecular flexibility index (Phi) is 5.46. The topological polar surface area (TPSA) is 26.7 Å². The third kappa shape index (κ3) is 3.94. The van der Waals surface area contributed by atoms with Crippen molar-refractivity contribution < 1.29 is 5.11 Å². The Morgan fingerprint density at radius 1 is 1.06 bits per heavy atom. The Labute approximate surface area is 112 Å². The van der Waals surface area contributed by atoms with Crippen LogP contribution in [-0.2, 0) is 0 Å². The summed E-state index contributed by atoms with van der Waals surface area (Å²) >= 11 is 0. The minimum Gasteiger partial charge on any atom is -0.391 e. The molecular weight excluding hydrogens is 224 g/mol. The Balaban J connectivity index is 1.75. The van der Waals surface area contributed by atoms with Gasteiger partial charge in [-0.2, -0.15) is 0 Å². The number of aliphatic hydroxyl groups is 1. The van der Waals surface area contributed by atoms with Gasteiger partial charge in [0.05, 0.1) is 6.10 Å². The fraction of sp³-hybridized carbons (Fsp3) is 1.00. The van der Waals surface area contributed by atoms with Gasteiger partial charge in [0.2, 0.25) is 0 Å². The van der Waals surface area contributed by atoms with E-state index in [0.29, 0.717) is 12.0 Å². The predicted octanol–water partition coefficient (Wildman–Crippen LogP) is 1.95. The summed E-state index contributed by atoms with van der Waals surface area (Å²) in [5.74, 6) is 0.496. The largest absolute Gasteiger partial charge is 0.391 e. The van der Waals surface area contributed by atoms with Gasteiger partial charge in [-0.25, -0.2) is 0 Å². The van der Waals surface area contributed by atoms with E-state index in [-0.39, 0.29) is 6.10 Å². The lowest BCUT2D eigenvalue weighted by molar-refractivity contribution is 0.0657. The van der Waals surface area contributed by atoms with E-state index in [1.54, 1.807) is 0 Å². The molecule has 0 spiro atoms. The lowest BCUT2D eigenvalue weighted by atomic mass is 10.0. The van der Waals surface area contributed by atoms with Crippen LogP contribution in [0, 0.1) is 5.92 Å². The number of β-amino-alcohol motifs (C(OH)–C–C–N with tert-alkyl or cyclic N) is 1. The van der Waals surface area contributed by atoms with Crippen LogP contribution in [0.25, 0.3) is 0 Å². The molecule has 2 rings (SSSR count). The van der Waals surface area contributed by atoms with E-state index in [2.05, 4.69) is 23.6 Å². The Bertz CT molecular complexity index is 237. The molecule has 18 heavy (non-hydrogen) atoms. The molecule has 2 heterocycles. The second-order valence-electron chi connectivity index (χ2n) is 6.42. The molecule has 0 aromatic rings. The summed E-state index contributed by atoms with van der Waals surface area (Å²) in [7, 11) is 0. The fourth-order valence-corrected chi connectivity index (χ4v) is 3.33. The minimum atomic E-state index is -0.119. The standard InChI is InChI=1S/C15H30N2O/c1-13(2)17-10-7-14(11-17)15(18)12-16-8-5-3-4-6-9-16/h13-15,18H,3-12H2,1-2H3. The summed E-state index contributed by atoms with van der Waals surface area (Å²) in [5, 5.41) is 10.4. The van der Waals surface area contributed by atoms with Gasteiger partial charge in [0.1, 0.15) is 0 Å². The maximum absolute atomic E-state index is 10.4. The Morgan fingerprint density at radius 3 is 2.28 bits per heavy atom. The van der Waals surface area contributed by atoms with Crippen LogP contribution >= 0.6 is 0 Å². The summed E-state index contributed by atoms with van der Waals surface area (Å²) < 4.78 is 0. The maximum Gasteiger partial charge on any atom is 0.0707 e. The first-order valence-corrected chi connectivity index (χ1v) is 7.81. The molecule has 0 amide bonds. The molecule has 1 N–H and O–H groups in total. The first-order chi connectivity index (χ1) is 8.66. The smallest absolute Gasteiger partial charge is 0.0707 e. The van der Waals surface area contributed by atoms with Crippen LogP contribution < -0.4 is 0 Å². The van der Waals surface area contributed by atoms with E-state index in [0.717, 1.165) is 13.1 Å². The van der Waals surface area contributed by atoms with Crippen molar-refractivity contribution in [1.82, 2.24) is 9.80 Å². The van der Waals surface area contributed by atoms with E-state index in [9.17, 15) is 5.11 Å². The van der Waals surface area contributed by atoms with Gasteiger partial charge in [-0.1, -0.05) is 12.8 Å². The number of hydrogen-bond acceptors (Lipinski definition) is 3. The summed E-state index contributed by atoms with van der Waals surface area (Å²) in [6.45, 7) is 10.0. The van der Waals surface area contributed by atoms with Crippen molar-refractivity contribution >= 4 is 0 Å². The van der Waals surface area contributed by atoms with Crippen molar-refractivity contribution in [2.75, 3.05) is 32.7 Å². The molecule has 0 bridgehead atoms. The minimum absolute atomic E-state index is 0.119. The molecule has 0 aliphatic carbocycles. The normalized spacial score (nSPS) is 29.7. The summed E-state index contributed by atoms with van der Waals surface area (Å²) in [4.78, 5) is 4.98. The predicted molar refractivity (Wildman–Crippen MR) is 75.7 cm³/mol. The molecule has 2 aliphatic rings. The zero-order valence-corrected chi connectivity index (χ0v) is 12.1. The van der Waals surface area contributed by atoms with Gasteiger partial charge >= 0.3 is 0 Å². The lowest BCUT2D eigenvalue weighted by Gasteiger charge is -2.27. The van der Waals surface area contributed by atoms with Gasteiger partial charge in [0.25, 0.3) is 0 Å². The number of hydrogen-bond donors (Lipinski definition) is 1. The molecule has 106 valence electrons. The van der Waals surface area contributed by atoms with E-state index in [1.807, 2.05) is 0 Å². The summed E-state index contributed by atoms with van der Waals surface area (Å²) in [6.07, 6.45) is 6.43. The first kappa shape index (κ1) is 14.3. The molecule has 2 aliphatic heterocycles. The Hall–Kier alpha value is -0.120. The van der Waals surface area contributed by atoms with Crippen molar-refractivity contribution in [3.63, 3.8) is 0 Å². The van der Waals surface area contributed by atoms with Crippen LogP contribution in [0.15, 0.2) is 0 Å². The zero-order valence-electron chi connectivity index (χ0n) is 12.1. The fourth-order valence-electron chi connectivity index (χ4n) is 3.33. The van der Waals surface area contributed by atoms with Gasteiger partial charge in [0, 0.05) is 25.0 Å². The van der Waals surface area contributed by atoms with Crippen LogP contribution in [0.3, 0.4) is 0 Å². The molecule has 0 aromatic heterocycles. The van der Waals surface area contributed by atoms with Crippen LogP contribution in [0.2, 0.25) is 0 Å². The molecular formula is C15H30N2O. The summed E-state index contributed by atoms with van der Waals surface area (Å²) in [6, 6.07) is 0.625. The highest BCUT2D eigenvalue weighted by Gasteiger charge is 2.30. The molecule has 2 unspecified atom stereocenters. The first-order valence-electron chi connectivity index (χ1n) is 7.81. The highest BCUT2D eigenvalue weighted by molar-refractivity contribution is 4.84. The second-order valence-corrected chi connectivity index (χ2v) is 6.42. The average Bonchev–Trinajstić information content (AvgIpc) is 2.70. The zero-order chi connectivity index (χ0) is 13.0. The number of aliphatic hydroxyl groups excluding tert-OH is 1. The third-order valence-corrected chi connectivity index (χ3v) is 4.67. The van der Waals surface area contributed by atoms with E-state index in [1.165, 1.54) is 51.7 Å². The van der Waals surface area contributed by atoms with Crippen molar-refractivity contribution in [2.24, 2.45) is 5.92 Å². The van der Waals surface area contributed by atoms with Crippen molar-refractivity contribution in [3.05, 3.63) is 0 Å². The van der Waals surface area contributed by atoms with Crippen LogP contribution in [-0.4, -0.2) is 59.8 Å². The van der Waals surface area contributed by atoms with Crippen LogP contribution in [0.5, 0.6) is 0 Å². The highest BCUT2D eigenvalue weighted by atomic mass is 16.3. The van der Waals surface area contributed by atoms with Crippen molar-refractivity contribution in [3.8, 4) is 0 Å². The number of likely N-dealkylation sites (tertiary alicyclic amines) is 2. The molecule has 2 fully saturated rings. The highest BCUT2D eigenvalue weighted by Crippen LogP contribution is 2.22. The molecule has 0 saturated carbocycles. The molecule has 0 aromatic carbocycles. The molecule has 2 saturated heterocycles. The quantitative estimate of drug-likeness (QED) is 0.831.